The molecule has 0 unspecified atom stereocenters. The Labute approximate surface area is 92.7 Å². The summed E-state index contributed by atoms with van der Waals surface area (Å²) >= 11 is 3.40. The van der Waals surface area contributed by atoms with Gasteiger partial charge in [-0.15, -0.1) is 0 Å². The van der Waals surface area contributed by atoms with Gasteiger partial charge in [0.05, 0.1) is 12.2 Å². The summed E-state index contributed by atoms with van der Waals surface area (Å²) in [7, 11) is 0. The molecule has 14 heavy (non-hydrogen) atoms. The number of nitrogens with zero attached hydrogens (tertiary/aromatic N) is 3. The predicted octanol–water partition coefficient (Wildman–Crippen LogP) is 1.97. The summed E-state index contributed by atoms with van der Waals surface area (Å²) in [5.74, 6) is 0.948. The highest BCUT2D eigenvalue weighted by Crippen LogP contribution is 2.10. The summed E-state index contributed by atoms with van der Waals surface area (Å²) in [6.45, 7) is 3.30. The minimum atomic E-state index is 0.808. The molecule has 0 aromatic carbocycles. The maximum atomic E-state index is 4.46. The molecule has 0 atom stereocenters. The lowest BCUT2D eigenvalue weighted by Crippen LogP contribution is -2.20. The van der Waals surface area contributed by atoms with Gasteiger partial charge in [-0.25, -0.2) is 9.97 Å². The van der Waals surface area contributed by atoms with Gasteiger partial charge in [-0.2, -0.15) is 0 Å². The average Bonchev–Trinajstić information content (AvgIpc) is 2.71. The van der Waals surface area contributed by atoms with E-state index in [-0.39, 0.29) is 0 Å². The van der Waals surface area contributed by atoms with Crippen molar-refractivity contribution in [1.29, 1.82) is 0 Å². The molecule has 1 aliphatic heterocycles. The Kier molecular flexibility index (Phi) is 3.48. The molecule has 4 heteroatoms. The first kappa shape index (κ1) is 10.1. The van der Waals surface area contributed by atoms with E-state index in [1.165, 1.54) is 25.9 Å². The second kappa shape index (κ2) is 4.84. The van der Waals surface area contributed by atoms with Gasteiger partial charge in [-0.1, -0.05) is 15.9 Å². The van der Waals surface area contributed by atoms with Crippen molar-refractivity contribution in [3.63, 3.8) is 0 Å². The van der Waals surface area contributed by atoms with Crippen LogP contribution >= 0.6 is 15.9 Å². The second-order valence-corrected chi connectivity index (χ2v) is 4.14. The molecule has 76 valence electrons. The Hall–Kier alpha value is -0.480. The Balaban J connectivity index is 2.00. The van der Waals surface area contributed by atoms with Gasteiger partial charge in [0.1, 0.15) is 5.82 Å². The molecule has 0 spiro atoms. The number of rotatable bonds is 3. The van der Waals surface area contributed by atoms with E-state index >= 15 is 0 Å². The van der Waals surface area contributed by atoms with Crippen molar-refractivity contribution in [3.8, 4) is 0 Å². The molecule has 2 heterocycles. The number of alkyl halides is 1. The number of hydrogen-bond acceptors (Lipinski definition) is 3. The zero-order valence-corrected chi connectivity index (χ0v) is 9.70. The van der Waals surface area contributed by atoms with Crippen molar-refractivity contribution in [3.05, 3.63) is 23.8 Å². The van der Waals surface area contributed by atoms with Crippen molar-refractivity contribution in [1.82, 2.24) is 14.9 Å². The molecule has 0 bridgehead atoms. The molecule has 0 N–H and O–H groups in total. The van der Waals surface area contributed by atoms with Crippen LogP contribution in [0.15, 0.2) is 12.3 Å². The first-order valence-electron chi connectivity index (χ1n) is 4.97. The molecule has 0 amide bonds. The van der Waals surface area contributed by atoms with Crippen LogP contribution in [0.4, 0.5) is 0 Å². The van der Waals surface area contributed by atoms with Crippen molar-refractivity contribution >= 4 is 15.9 Å². The van der Waals surface area contributed by atoms with E-state index in [9.17, 15) is 0 Å². The average molecular weight is 256 g/mol. The van der Waals surface area contributed by atoms with Gasteiger partial charge in [0.25, 0.3) is 0 Å². The Morgan fingerprint density at radius 2 is 2.14 bits per heavy atom. The summed E-state index contributed by atoms with van der Waals surface area (Å²) in [6, 6.07) is 1.95. The second-order valence-electron chi connectivity index (χ2n) is 3.58. The third kappa shape index (κ3) is 2.51. The van der Waals surface area contributed by atoms with Gasteiger partial charge in [0.15, 0.2) is 0 Å². The minimum absolute atomic E-state index is 0.808. The minimum Gasteiger partial charge on any atom is -0.296 e. The summed E-state index contributed by atoms with van der Waals surface area (Å²) in [5.41, 5.74) is 1.06. The van der Waals surface area contributed by atoms with Crippen molar-refractivity contribution in [2.24, 2.45) is 0 Å². The normalized spacial score (nSPS) is 17.5. The lowest BCUT2D eigenvalue weighted by Gasteiger charge is -2.12. The molecule has 3 nitrogen and oxygen atoms in total. The SMILES string of the molecule is BrCc1ccnc(CN2CCCC2)n1. The molecule has 0 aliphatic carbocycles. The first-order valence-corrected chi connectivity index (χ1v) is 6.10. The largest absolute Gasteiger partial charge is 0.296 e. The number of halogens is 1. The number of hydrogen-bond donors (Lipinski definition) is 0. The summed E-state index contributed by atoms with van der Waals surface area (Å²) in [4.78, 5) is 11.1. The fraction of sp³-hybridized carbons (Fsp3) is 0.600. The van der Waals surface area contributed by atoms with Crippen LogP contribution in [0.2, 0.25) is 0 Å². The van der Waals surface area contributed by atoms with E-state index in [0.29, 0.717) is 0 Å². The number of likely N-dealkylation sites (tertiary alicyclic amines) is 1. The van der Waals surface area contributed by atoms with E-state index < -0.39 is 0 Å². The highest BCUT2D eigenvalue weighted by atomic mass is 79.9. The molecule has 1 aromatic heterocycles. The molecule has 1 saturated heterocycles. The van der Waals surface area contributed by atoms with Gasteiger partial charge in [-0.05, 0) is 32.0 Å². The van der Waals surface area contributed by atoms with E-state index in [4.69, 9.17) is 0 Å². The van der Waals surface area contributed by atoms with Crippen LogP contribution in [0.25, 0.3) is 0 Å². The van der Waals surface area contributed by atoms with E-state index in [0.717, 1.165) is 23.4 Å². The van der Waals surface area contributed by atoms with Crippen LogP contribution in [0.1, 0.15) is 24.4 Å². The third-order valence-corrected chi connectivity index (χ3v) is 3.04. The highest BCUT2D eigenvalue weighted by molar-refractivity contribution is 9.08. The van der Waals surface area contributed by atoms with E-state index in [2.05, 4.69) is 30.8 Å². The Bertz CT molecular complexity index is 297. The quantitative estimate of drug-likeness (QED) is 0.774. The third-order valence-electron chi connectivity index (χ3n) is 2.46. The van der Waals surface area contributed by atoms with Crippen molar-refractivity contribution < 1.29 is 0 Å². The van der Waals surface area contributed by atoms with Gasteiger partial charge < -0.3 is 0 Å². The fourth-order valence-corrected chi connectivity index (χ4v) is 2.04. The highest BCUT2D eigenvalue weighted by Gasteiger charge is 2.12. The van der Waals surface area contributed by atoms with Crippen molar-refractivity contribution in [2.45, 2.75) is 24.7 Å². The molecular weight excluding hydrogens is 242 g/mol. The van der Waals surface area contributed by atoms with Crippen LogP contribution in [0.3, 0.4) is 0 Å². The van der Waals surface area contributed by atoms with Crippen LogP contribution < -0.4 is 0 Å². The van der Waals surface area contributed by atoms with E-state index in [1.807, 2.05) is 12.3 Å². The fourth-order valence-electron chi connectivity index (χ4n) is 1.73. The van der Waals surface area contributed by atoms with Crippen LogP contribution in [0, 0.1) is 0 Å². The zero-order valence-electron chi connectivity index (χ0n) is 8.12. The Morgan fingerprint density at radius 3 is 2.86 bits per heavy atom. The zero-order chi connectivity index (χ0) is 9.80. The standard InChI is InChI=1S/C10H14BrN3/c11-7-9-3-4-12-10(13-9)8-14-5-1-2-6-14/h3-4H,1-2,5-8H2. The lowest BCUT2D eigenvalue weighted by atomic mass is 10.4. The maximum absolute atomic E-state index is 4.46. The van der Waals surface area contributed by atoms with Gasteiger partial charge >= 0.3 is 0 Å². The summed E-state index contributed by atoms with van der Waals surface area (Å²) < 4.78 is 0. The van der Waals surface area contributed by atoms with Gasteiger partial charge in [-0.3, -0.25) is 4.90 Å². The van der Waals surface area contributed by atoms with Gasteiger partial charge in [0.2, 0.25) is 0 Å². The van der Waals surface area contributed by atoms with Crippen LogP contribution in [-0.4, -0.2) is 28.0 Å². The molecule has 0 saturated carbocycles. The number of aromatic nitrogens is 2. The van der Waals surface area contributed by atoms with Crippen LogP contribution in [-0.2, 0) is 11.9 Å². The molecule has 1 fully saturated rings. The first-order chi connectivity index (χ1) is 6.88. The summed E-state index contributed by atoms with van der Waals surface area (Å²) in [6.07, 6.45) is 4.48. The lowest BCUT2D eigenvalue weighted by molar-refractivity contribution is 0.322. The van der Waals surface area contributed by atoms with Gasteiger partial charge in [0, 0.05) is 11.5 Å². The maximum Gasteiger partial charge on any atom is 0.142 e. The van der Waals surface area contributed by atoms with Crippen LogP contribution in [0.5, 0.6) is 0 Å². The molecule has 1 aromatic rings. The summed E-state index contributed by atoms with van der Waals surface area (Å²) in [5, 5.41) is 0.808. The molecule has 2 rings (SSSR count). The van der Waals surface area contributed by atoms with E-state index in [1.54, 1.807) is 0 Å². The molecule has 0 radical (unpaired) electrons. The Morgan fingerprint density at radius 1 is 1.36 bits per heavy atom. The smallest absolute Gasteiger partial charge is 0.142 e. The topological polar surface area (TPSA) is 29.0 Å². The van der Waals surface area contributed by atoms with Crippen molar-refractivity contribution in [2.75, 3.05) is 13.1 Å². The monoisotopic (exact) mass is 255 g/mol. The molecular formula is C10H14BrN3. The molecule has 1 aliphatic rings. The predicted molar refractivity (Wildman–Crippen MR) is 59.2 cm³/mol.